The third-order valence-electron chi connectivity index (χ3n) is 2.70. The van der Waals surface area contributed by atoms with Crippen LogP contribution in [-0.2, 0) is 10.0 Å². The second-order valence-corrected chi connectivity index (χ2v) is 6.76. The van der Waals surface area contributed by atoms with Crippen molar-refractivity contribution in [3.05, 3.63) is 52.5 Å². The van der Waals surface area contributed by atoms with Crippen LogP contribution >= 0.6 is 15.9 Å². The van der Waals surface area contributed by atoms with Crippen LogP contribution in [0.5, 0.6) is 0 Å². The van der Waals surface area contributed by atoms with Gasteiger partial charge in [-0.3, -0.25) is 9.52 Å². The summed E-state index contributed by atoms with van der Waals surface area (Å²) >= 11 is 3.20. The molecular formula is C13H12BrN3O3S. The van der Waals surface area contributed by atoms with Gasteiger partial charge in [-0.15, -0.1) is 0 Å². The van der Waals surface area contributed by atoms with E-state index in [1.807, 2.05) is 0 Å². The second kappa shape index (κ2) is 5.74. The van der Waals surface area contributed by atoms with E-state index in [4.69, 9.17) is 11.5 Å². The predicted octanol–water partition coefficient (Wildman–Crippen LogP) is 1.93. The first kappa shape index (κ1) is 15.3. The SMILES string of the molecule is NC(=O)c1ccccc1NS(=O)(=O)c1ccc(Br)cc1N. The molecule has 2 aromatic carbocycles. The van der Waals surface area contributed by atoms with E-state index in [1.54, 1.807) is 18.2 Å². The normalized spacial score (nSPS) is 11.1. The lowest BCUT2D eigenvalue weighted by molar-refractivity contribution is 0.100. The molecule has 1 amide bonds. The van der Waals surface area contributed by atoms with Gasteiger partial charge in [0, 0.05) is 4.47 Å². The zero-order valence-corrected chi connectivity index (χ0v) is 13.1. The van der Waals surface area contributed by atoms with Crippen LogP contribution in [0, 0.1) is 0 Å². The van der Waals surface area contributed by atoms with Crippen molar-refractivity contribution >= 4 is 43.2 Å². The van der Waals surface area contributed by atoms with Crippen molar-refractivity contribution in [2.75, 3.05) is 10.5 Å². The Kier molecular flexibility index (Phi) is 4.19. The topological polar surface area (TPSA) is 115 Å². The molecule has 0 aliphatic heterocycles. The first-order valence-electron chi connectivity index (χ1n) is 5.78. The number of carbonyl (C=O) groups excluding carboxylic acids is 1. The summed E-state index contributed by atoms with van der Waals surface area (Å²) in [5.74, 6) is -0.725. The van der Waals surface area contributed by atoms with Gasteiger partial charge in [0.1, 0.15) is 4.90 Å². The summed E-state index contributed by atoms with van der Waals surface area (Å²) in [5, 5.41) is 0. The van der Waals surface area contributed by atoms with Crippen LogP contribution in [0.15, 0.2) is 51.8 Å². The number of carbonyl (C=O) groups is 1. The molecule has 0 aliphatic rings. The number of hydrogen-bond acceptors (Lipinski definition) is 4. The molecule has 2 aromatic rings. The lowest BCUT2D eigenvalue weighted by Crippen LogP contribution is -2.19. The highest BCUT2D eigenvalue weighted by Gasteiger charge is 2.20. The van der Waals surface area contributed by atoms with Crippen molar-refractivity contribution < 1.29 is 13.2 Å². The smallest absolute Gasteiger partial charge is 0.263 e. The van der Waals surface area contributed by atoms with E-state index in [1.165, 1.54) is 24.3 Å². The molecule has 110 valence electrons. The minimum absolute atomic E-state index is 0.0787. The molecule has 0 unspecified atom stereocenters. The predicted molar refractivity (Wildman–Crippen MR) is 84.3 cm³/mol. The first-order chi connectivity index (χ1) is 9.81. The first-order valence-corrected chi connectivity index (χ1v) is 8.05. The van der Waals surface area contributed by atoms with E-state index < -0.39 is 15.9 Å². The van der Waals surface area contributed by atoms with Crippen LogP contribution in [0.4, 0.5) is 11.4 Å². The standard InChI is InChI=1S/C13H12BrN3O3S/c14-8-5-6-12(10(15)7-8)21(19,20)17-11-4-2-1-3-9(11)13(16)18/h1-7,17H,15H2,(H2,16,18). The molecule has 2 rings (SSSR count). The Bertz CT molecular complexity index is 806. The quantitative estimate of drug-likeness (QED) is 0.713. The molecule has 0 heterocycles. The van der Waals surface area contributed by atoms with Gasteiger partial charge in [0.05, 0.1) is 16.9 Å². The second-order valence-electron chi connectivity index (χ2n) is 4.20. The highest BCUT2D eigenvalue weighted by Crippen LogP contribution is 2.26. The van der Waals surface area contributed by atoms with Gasteiger partial charge in [0.2, 0.25) is 0 Å². The van der Waals surface area contributed by atoms with E-state index >= 15 is 0 Å². The van der Waals surface area contributed by atoms with E-state index in [0.29, 0.717) is 4.47 Å². The molecule has 0 aliphatic carbocycles. The molecule has 0 spiro atoms. The number of primary amides is 1. The Balaban J connectivity index is 2.45. The van der Waals surface area contributed by atoms with E-state index in [0.717, 1.165) is 0 Å². The molecule has 0 fully saturated rings. The Morgan fingerprint density at radius 3 is 2.43 bits per heavy atom. The fourth-order valence-electron chi connectivity index (χ4n) is 1.75. The molecule has 0 saturated heterocycles. The lowest BCUT2D eigenvalue weighted by atomic mass is 10.2. The van der Waals surface area contributed by atoms with Crippen molar-refractivity contribution in [1.29, 1.82) is 0 Å². The summed E-state index contributed by atoms with van der Waals surface area (Å²) < 4.78 is 27.7. The van der Waals surface area contributed by atoms with Crippen molar-refractivity contribution in [3.63, 3.8) is 0 Å². The zero-order valence-electron chi connectivity index (χ0n) is 10.7. The Labute approximate surface area is 130 Å². The van der Waals surface area contributed by atoms with Crippen molar-refractivity contribution in [3.8, 4) is 0 Å². The third kappa shape index (κ3) is 3.34. The van der Waals surface area contributed by atoms with Gasteiger partial charge in [-0.25, -0.2) is 8.42 Å². The van der Waals surface area contributed by atoms with Crippen LogP contribution in [0.3, 0.4) is 0 Å². The van der Waals surface area contributed by atoms with E-state index in [-0.39, 0.29) is 21.8 Å². The van der Waals surface area contributed by atoms with Crippen molar-refractivity contribution in [1.82, 2.24) is 0 Å². The summed E-state index contributed by atoms with van der Waals surface area (Å²) in [7, 11) is -3.92. The lowest BCUT2D eigenvalue weighted by Gasteiger charge is -2.12. The maximum atomic E-state index is 12.4. The van der Waals surface area contributed by atoms with Crippen LogP contribution in [0.2, 0.25) is 0 Å². The molecule has 6 nitrogen and oxygen atoms in total. The zero-order chi connectivity index (χ0) is 15.6. The van der Waals surface area contributed by atoms with Gasteiger partial charge >= 0.3 is 0 Å². The molecule has 0 saturated carbocycles. The molecule has 8 heteroatoms. The molecule has 21 heavy (non-hydrogen) atoms. The Morgan fingerprint density at radius 1 is 1.14 bits per heavy atom. The average molecular weight is 370 g/mol. The van der Waals surface area contributed by atoms with Crippen molar-refractivity contribution in [2.24, 2.45) is 5.73 Å². The third-order valence-corrected chi connectivity index (χ3v) is 4.63. The number of hydrogen-bond donors (Lipinski definition) is 3. The highest BCUT2D eigenvalue weighted by molar-refractivity contribution is 9.10. The van der Waals surface area contributed by atoms with Crippen LogP contribution in [-0.4, -0.2) is 14.3 Å². The fraction of sp³-hybridized carbons (Fsp3) is 0. The van der Waals surface area contributed by atoms with Crippen LogP contribution in [0.25, 0.3) is 0 Å². The number of amides is 1. The van der Waals surface area contributed by atoms with Gasteiger partial charge < -0.3 is 11.5 Å². The number of para-hydroxylation sites is 1. The van der Waals surface area contributed by atoms with E-state index in [2.05, 4.69) is 20.7 Å². The summed E-state index contributed by atoms with van der Waals surface area (Å²) in [6, 6.07) is 10.5. The molecule has 0 bridgehead atoms. The van der Waals surface area contributed by atoms with Crippen LogP contribution in [0.1, 0.15) is 10.4 Å². The maximum absolute atomic E-state index is 12.4. The van der Waals surface area contributed by atoms with Gasteiger partial charge in [-0.1, -0.05) is 28.1 Å². The summed E-state index contributed by atoms with van der Waals surface area (Å²) in [5.41, 5.74) is 11.2. The summed E-state index contributed by atoms with van der Waals surface area (Å²) in [4.78, 5) is 11.2. The minimum atomic E-state index is -3.92. The Hall–Kier alpha value is -2.06. The van der Waals surface area contributed by atoms with Gasteiger partial charge in [-0.2, -0.15) is 0 Å². The monoisotopic (exact) mass is 369 g/mol. The number of nitrogens with one attached hydrogen (secondary N) is 1. The van der Waals surface area contributed by atoms with Gasteiger partial charge in [0.15, 0.2) is 0 Å². The number of halogens is 1. The average Bonchev–Trinajstić information content (AvgIpc) is 2.37. The number of nitrogen functional groups attached to an aromatic ring is 1. The van der Waals surface area contributed by atoms with Gasteiger partial charge in [-0.05, 0) is 30.3 Å². The molecule has 5 N–H and O–H groups in total. The molecule has 0 aromatic heterocycles. The van der Waals surface area contributed by atoms with Crippen molar-refractivity contribution in [2.45, 2.75) is 4.90 Å². The number of rotatable bonds is 4. The molecular weight excluding hydrogens is 358 g/mol. The Morgan fingerprint density at radius 2 is 1.81 bits per heavy atom. The van der Waals surface area contributed by atoms with Gasteiger partial charge in [0.25, 0.3) is 15.9 Å². The molecule has 0 atom stereocenters. The minimum Gasteiger partial charge on any atom is -0.398 e. The number of nitrogens with two attached hydrogens (primary N) is 2. The summed E-state index contributed by atoms with van der Waals surface area (Å²) in [6.45, 7) is 0. The van der Waals surface area contributed by atoms with Crippen LogP contribution < -0.4 is 16.2 Å². The number of benzene rings is 2. The number of sulfonamides is 1. The maximum Gasteiger partial charge on any atom is 0.263 e. The summed E-state index contributed by atoms with van der Waals surface area (Å²) in [6.07, 6.45) is 0. The molecule has 0 radical (unpaired) electrons. The fourth-order valence-corrected chi connectivity index (χ4v) is 3.32. The largest absolute Gasteiger partial charge is 0.398 e. The number of anilines is 2. The highest BCUT2D eigenvalue weighted by atomic mass is 79.9. The van der Waals surface area contributed by atoms with E-state index in [9.17, 15) is 13.2 Å².